The standard InChI is InChI=1S/C13H13ClO4/c1-2-18-13(17)12(16)8-11(15)7-9-3-5-10(14)6-4-9/h3-6H,2,7-8H2,1H3. The van der Waals surface area contributed by atoms with Crippen molar-refractivity contribution in [1.82, 2.24) is 0 Å². The topological polar surface area (TPSA) is 60.4 Å². The first-order valence-corrected chi connectivity index (χ1v) is 5.86. The molecule has 1 rings (SSSR count). The summed E-state index contributed by atoms with van der Waals surface area (Å²) >= 11 is 5.71. The summed E-state index contributed by atoms with van der Waals surface area (Å²) in [4.78, 5) is 33.9. The molecule has 4 nitrogen and oxygen atoms in total. The number of esters is 1. The Balaban J connectivity index is 2.49. The third-order valence-corrected chi connectivity index (χ3v) is 2.43. The molecule has 0 aromatic heterocycles. The zero-order valence-electron chi connectivity index (χ0n) is 9.94. The maximum absolute atomic E-state index is 11.6. The molecule has 96 valence electrons. The van der Waals surface area contributed by atoms with Gasteiger partial charge in [-0.2, -0.15) is 0 Å². The van der Waals surface area contributed by atoms with E-state index in [0.29, 0.717) is 5.02 Å². The first-order valence-electron chi connectivity index (χ1n) is 5.49. The molecule has 0 saturated heterocycles. The minimum atomic E-state index is -0.957. The Kier molecular flexibility index (Phi) is 5.52. The molecule has 0 atom stereocenters. The molecule has 0 radical (unpaired) electrons. The summed E-state index contributed by atoms with van der Waals surface area (Å²) in [5.74, 6) is -2.09. The molecular weight excluding hydrogens is 256 g/mol. The number of rotatable bonds is 6. The number of carbonyl (C=O) groups excluding carboxylic acids is 3. The number of hydrogen-bond acceptors (Lipinski definition) is 4. The lowest BCUT2D eigenvalue weighted by Crippen LogP contribution is -2.21. The highest BCUT2D eigenvalue weighted by atomic mass is 35.5. The van der Waals surface area contributed by atoms with Crippen molar-refractivity contribution in [1.29, 1.82) is 0 Å². The SMILES string of the molecule is CCOC(=O)C(=O)CC(=O)Cc1ccc(Cl)cc1. The summed E-state index contributed by atoms with van der Waals surface area (Å²) in [6.07, 6.45) is -0.330. The van der Waals surface area contributed by atoms with E-state index in [9.17, 15) is 14.4 Å². The molecular formula is C13H13ClO4. The zero-order valence-corrected chi connectivity index (χ0v) is 10.7. The van der Waals surface area contributed by atoms with Crippen LogP contribution in [0.5, 0.6) is 0 Å². The molecule has 0 saturated carbocycles. The van der Waals surface area contributed by atoms with Crippen molar-refractivity contribution in [2.45, 2.75) is 19.8 Å². The second-order valence-corrected chi connectivity index (χ2v) is 4.10. The Morgan fingerprint density at radius 3 is 2.33 bits per heavy atom. The summed E-state index contributed by atoms with van der Waals surface area (Å²) in [5.41, 5.74) is 0.751. The van der Waals surface area contributed by atoms with Gasteiger partial charge in [0.25, 0.3) is 0 Å². The number of benzene rings is 1. The van der Waals surface area contributed by atoms with Crippen LogP contribution < -0.4 is 0 Å². The van der Waals surface area contributed by atoms with Gasteiger partial charge in [-0.3, -0.25) is 9.59 Å². The normalized spacial score (nSPS) is 9.89. The Hall–Kier alpha value is -1.68. The van der Waals surface area contributed by atoms with Crippen LogP contribution in [-0.4, -0.2) is 24.1 Å². The Labute approximate surface area is 110 Å². The first kappa shape index (κ1) is 14.4. The molecule has 1 aromatic carbocycles. The van der Waals surface area contributed by atoms with Gasteiger partial charge in [0.15, 0.2) is 0 Å². The Bertz CT molecular complexity index is 451. The van der Waals surface area contributed by atoms with E-state index in [1.165, 1.54) is 0 Å². The summed E-state index contributed by atoms with van der Waals surface area (Å²) in [7, 11) is 0. The van der Waals surface area contributed by atoms with Crippen molar-refractivity contribution in [3.05, 3.63) is 34.9 Å². The molecule has 0 spiro atoms. The third-order valence-electron chi connectivity index (χ3n) is 2.18. The van der Waals surface area contributed by atoms with E-state index in [1.807, 2.05) is 0 Å². The summed E-state index contributed by atoms with van der Waals surface area (Å²) in [6.45, 7) is 1.72. The third kappa shape index (κ3) is 4.67. The monoisotopic (exact) mass is 268 g/mol. The lowest BCUT2D eigenvalue weighted by molar-refractivity contribution is -0.154. The molecule has 5 heteroatoms. The van der Waals surface area contributed by atoms with Gasteiger partial charge in [0, 0.05) is 11.4 Å². The van der Waals surface area contributed by atoms with E-state index in [1.54, 1.807) is 31.2 Å². The van der Waals surface area contributed by atoms with Gasteiger partial charge >= 0.3 is 5.97 Å². The van der Waals surface area contributed by atoms with Gasteiger partial charge < -0.3 is 4.74 Å². The van der Waals surface area contributed by atoms with Gasteiger partial charge in [-0.25, -0.2) is 4.79 Å². The summed E-state index contributed by atoms with van der Waals surface area (Å²) < 4.78 is 4.51. The number of hydrogen-bond donors (Lipinski definition) is 0. The van der Waals surface area contributed by atoms with E-state index in [2.05, 4.69) is 4.74 Å². The van der Waals surface area contributed by atoms with Crippen LogP contribution in [0, 0.1) is 0 Å². The second kappa shape index (κ2) is 6.91. The summed E-state index contributed by atoms with van der Waals surface area (Å²) in [5, 5.41) is 0.578. The van der Waals surface area contributed by atoms with E-state index in [-0.39, 0.29) is 18.8 Å². The fourth-order valence-electron chi connectivity index (χ4n) is 1.36. The zero-order chi connectivity index (χ0) is 13.5. The van der Waals surface area contributed by atoms with Crippen LogP contribution in [0.15, 0.2) is 24.3 Å². The van der Waals surface area contributed by atoms with Crippen LogP contribution in [0.3, 0.4) is 0 Å². The predicted molar refractivity (Wildman–Crippen MR) is 66.4 cm³/mol. The van der Waals surface area contributed by atoms with Crippen LogP contribution in [0.1, 0.15) is 18.9 Å². The highest BCUT2D eigenvalue weighted by Gasteiger charge is 2.18. The van der Waals surface area contributed by atoms with Gasteiger partial charge in [-0.1, -0.05) is 23.7 Å². The molecule has 0 aliphatic heterocycles. The average molecular weight is 269 g/mol. The second-order valence-electron chi connectivity index (χ2n) is 3.66. The van der Waals surface area contributed by atoms with Gasteiger partial charge in [-0.05, 0) is 24.6 Å². The minimum Gasteiger partial charge on any atom is -0.460 e. The van der Waals surface area contributed by atoms with Crippen molar-refractivity contribution in [2.24, 2.45) is 0 Å². The lowest BCUT2D eigenvalue weighted by Gasteiger charge is -2.01. The van der Waals surface area contributed by atoms with E-state index < -0.39 is 18.2 Å². The van der Waals surface area contributed by atoms with Crippen LogP contribution >= 0.6 is 11.6 Å². The average Bonchev–Trinajstić information content (AvgIpc) is 2.32. The minimum absolute atomic E-state index is 0.0995. The van der Waals surface area contributed by atoms with Crippen molar-refractivity contribution in [3.8, 4) is 0 Å². The van der Waals surface area contributed by atoms with Crippen LogP contribution in [0.2, 0.25) is 5.02 Å². The van der Waals surface area contributed by atoms with Crippen molar-refractivity contribution >= 4 is 29.1 Å². The van der Waals surface area contributed by atoms with Crippen LogP contribution in [-0.2, 0) is 25.5 Å². The molecule has 1 aromatic rings. The molecule has 0 fully saturated rings. The largest absolute Gasteiger partial charge is 0.460 e. The highest BCUT2D eigenvalue weighted by Crippen LogP contribution is 2.10. The Morgan fingerprint density at radius 1 is 1.17 bits per heavy atom. The van der Waals surface area contributed by atoms with E-state index in [0.717, 1.165) is 5.56 Å². The van der Waals surface area contributed by atoms with Crippen LogP contribution in [0.4, 0.5) is 0 Å². The number of ketones is 2. The molecule has 0 amide bonds. The van der Waals surface area contributed by atoms with Crippen molar-refractivity contribution in [3.63, 3.8) is 0 Å². The molecule has 0 aliphatic carbocycles. The van der Waals surface area contributed by atoms with Crippen molar-refractivity contribution in [2.75, 3.05) is 6.61 Å². The van der Waals surface area contributed by atoms with Gasteiger partial charge in [0.2, 0.25) is 5.78 Å². The van der Waals surface area contributed by atoms with Gasteiger partial charge in [0.1, 0.15) is 5.78 Å². The predicted octanol–water partition coefficient (Wildman–Crippen LogP) is 1.97. The maximum Gasteiger partial charge on any atom is 0.375 e. The number of halogens is 1. The molecule has 0 aliphatic rings. The smallest absolute Gasteiger partial charge is 0.375 e. The number of carbonyl (C=O) groups is 3. The van der Waals surface area contributed by atoms with Gasteiger partial charge in [0.05, 0.1) is 13.0 Å². The van der Waals surface area contributed by atoms with Crippen molar-refractivity contribution < 1.29 is 19.1 Å². The molecule has 0 heterocycles. The highest BCUT2D eigenvalue weighted by molar-refractivity contribution is 6.37. The van der Waals surface area contributed by atoms with Gasteiger partial charge in [-0.15, -0.1) is 0 Å². The number of ether oxygens (including phenoxy) is 1. The first-order chi connectivity index (χ1) is 8.52. The molecule has 0 unspecified atom stereocenters. The fourth-order valence-corrected chi connectivity index (χ4v) is 1.48. The molecule has 0 N–H and O–H groups in total. The molecule has 0 bridgehead atoms. The van der Waals surface area contributed by atoms with E-state index >= 15 is 0 Å². The fraction of sp³-hybridized carbons (Fsp3) is 0.308. The quantitative estimate of drug-likeness (QED) is 0.450. The maximum atomic E-state index is 11.6. The molecule has 18 heavy (non-hydrogen) atoms. The number of Topliss-reactive ketones (excluding diaryl/α,β-unsaturated/α-hetero) is 2. The summed E-state index contributed by atoms with van der Waals surface area (Å²) in [6, 6.07) is 6.73. The lowest BCUT2D eigenvalue weighted by atomic mass is 10.1. The van der Waals surface area contributed by atoms with E-state index in [4.69, 9.17) is 11.6 Å². The Morgan fingerprint density at radius 2 is 1.78 bits per heavy atom. The van der Waals surface area contributed by atoms with Crippen LogP contribution in [0.25, 0.3) is 0 Å².